The summed E-state index contributed by atoms with van der Waals surface area (Å²) in [5.74, 6) is 5.33. The molecule has 2 N–H and O–H groups in total. The van der Waals surface area contributed by atoms with Crippen LogP contribution in [0.3, 0.4) is 0 Å². The molecule has 1 heterocycles. The summed E-state index contributed by atoms with van der Waals surface area (Å²) < 4.78 is 0. The Kier molecular flexibility index (Phi) is 4.70. The molecule has 94 valence electrons. The van der Waals surface area contributed by atoms with E-state index in [4.69, 9.17) is 10.7 Å². The average molecular weight is 230 g/mol. The number of nitrogens with zero attached hydrogens (tertiary/aromatic N) is 1. The van der Waals surface area contributed by atoms with Crippen LogP contribution in [-0.4, -0.2) is 30.7 Å². The van der Waals surface area contributed by atoms with Crippen molar-refractivity contribution in [3.05, 3.63) is 0 Å². The standard InChI is InChI=1S/C11H22N2O3/c1-11(2,3)10(14)16-13-6-4-9(5-7-13)8-15-12/h9H,4-8,12H2,1-3H3. The molecule has 0 radical (unpaired) electrons. The Morgan fingerprint density at radius 2 is 1.94 bits per heavy atom. The van der Waals surface area contributed by atoms with Gasteiger partial charge in [-0.2, -0.15) is 0 Å². The second-order valence-corrected chi connectivity index (χ2v) is 5.33. The Hall–Kier alpha value is -0.650. The van der Waals surface area contributed by atoms with Crippen LogP contribution in [0.4, 0.5) is 0 Å². The summed E-state index contributed by atoms with van der Waals surface area (Å²) in [5, 5.41) is 1.74. The summed E-state index contributed by atoms with van der Waals surface area (Å²) in [6.45, 7) is 7.66. The van der Waals surface area contributed by atoms with Crippen molar-refractivity contribution in [2.45, 2.75) is 33.6 Å². The molecule has 0 aromatic heterocycles. The third-order valence-corrected chi connectivity index (χ3v) is 2.73. The van der Waals surface area contributed by atoms with Crippen molar-refractivity contribution in [2.75, 3.05) is 19.7 Å². The lowest BCUT2D eigenvalue weighted by Crippen LogP contribution is -2.39. The molecule has 16 heavy (non-hydrogen) atoms. The lowest BCUT2D eigenvalue weighted by molar-refractivity contribution is -0.206. The summed E-state index contributed by atoms with van der Waals surface area (Å²) in [4.78, 5) is 21.6. The van der Waals surface area contributed by atoms with E-state index in [1.54, 1.807) is 5.06 Å². The van der Waals surface area contributed by atoms with Crippen molar-refractivity contribution in [3.63, 3.8) is 0 Å². The summed E-state index contributed by atoms with van der Waals surface area (Å²) >= 11 is 0. The van der Waals surface area contributed by atoms with Crippen molar-refractivity contribution in [2.24, 2.45) is 17.2 Å². The van der Waals surface area contributed by atoms with Gasteiger partial charge in [-0.1, -0.05) is 0 Å². The molecule has 0 unspecified atom stereocenters. The highest BCUT2D eigenvalue weighted by Crippen LogP contribution is 2.21. The van der Waals surface area contributed by atoms with Crippen LogP contribution in [0.15, 0.2) is 0 Å². The van der Waals surface area contributed by atoms with Gasteiger partial charge in [0, 0.05) is 13.1 Å². The normalized spacial score (nSPS) is 19.8. The Morgan fingerprint density at radius 1 is 1.38 bits per heavy atom. The number of piperidine rings is 1. The van der Waals surface area contributed by atoms with Crippen LogP contribution in [0.1, 0.15) is 33.6 Å². The first-order valence-corrected chi connectivity index (χ1v) is 5.72. The lowest BCUT2D eigenvalue weighted by Gasteiger charge is -2.31. The van der Waals surface area contributed by atoms with Crippen molar-refractivity contribution < 1.29 is 14.5 Å². The molecule has 0 aliphatic carbocycles. The van der Waals surface area contributed by atoms with Gasteiger partial charge >= 0.3 is 5.97 Å². The Bertz CT molecular complexity index is 230. The number of hydrogen-bond acceptors (Lipinski definition) is 5. The van der Waals surface area contributed by atoms with E-state index in [0.717, 1.165) is 25.9 Å². The third kappa shape index (κ3) is 4.08. The van der Waals surface area contributed by atoms with Crippen LogP contribution in [0.2, 0.25) is 0 Å². The number of rotatable bonds is 3. The zero-order valence-electron chi connectivity index (χ0n) is 10.4. The van der Waals surface area contributed by atoms with E-state index in [-0.39, 0.29) is 5.97 Å². The molecule has 0 bridgehead atoms. The van der Waals surface area contributed by atoms with Gasteiger partial charge in [0.2, 0.25) is 0 Å². The second kappa shape index (κ2) is 5.61. The molecular weight excluding hydrogens is 208 g/mol. The molecule has 5 nitrogen and oxygen atoms in total. The maximum Gasteiger partial charge on any atom is 0.330 e. The van der Waals surface area contributed by atoms with E-state index in [0.29, 0.717) is 12.5 Å². The van der Waals surface area contributed by atoms with Gasteiger partial charge in [-0.3, -0.25) is 0 Å². The van der Waals surface area contributed by atoms with Crippen LogP contribution >= 0.6 is 0 Å². The van der Waals surface area contributed by atoms with Crippen molar-refractivity contribution in [1.29, 1.82) is 0 Å². The summed E-state index contributed by atoms with van der Waals surface area (Å²) in [6, 6.07) is 0. The molecule has 5 heteroatoms. The maximum absolute atomic E-state index is 11.6. The van der Waals surface area contributed by atoms with Crippen molar-refractivity contribution >= 4 is 5.97 Å². The van der Waals surface area contributed by atoms with Crippen LogP contribution in [0.5, 0.6) is 0 Å². The van der Waals surface area contributed by atoms with Crippen LogP contribution in [-0.2, 0) is 14.5 Å². The van der Waals surface area contributed by atoms with E-state index >= 15 is 0 Å². The summed E-state index contributed by atoms with van der Waals surface area (Å²) in [5.41, 5.74) is -0.447. The number of carbonyl (C=O) groups is 1. The second-order valence-electron chi connectivity index (χ2n) is 5.33. The fourth-order valence-electron chi connectivity index (χ4n) is 1.56. The number of nitrogens with two attached hydrogens (primary N) is 1. The third-order valence-electron chi connectivity index (χ3n) is 2.73. The molecule has 1 fully saturated rings. The highest BCUT2D eigenvalue weighted by molar-refractivity contribution is 5.75. The van der Waals surface area contributed by atoms with E-state index in [1.807, 2.05) is 20.8 Å². The van der Waals surface area contributed by atoms with E-state index < -0.39 is 5.41 Å². The van der Waals surface area contributed by atoms with Gasteiger partial charge in [0.05, 0.1) is 12.0 Å². The van der Waals surface area contributed by atoms with Gasteiger partial charge in [0.1, 0.15) is 0 Å². The molecular formula is C11H22N2O3. The predicted molar refractivity (Wildman–Crippen MR) is 60.0 cm³/mol. The van der Waals surface area contributed by atoms with Gasteiger partial charge in [-0.25, -0.2) is 10.7 Å². The SMILES string of the molecule is CC(C)(C)C(=O)ON1CCC(CON)CC1. The number of hydrogen-bond donors (Lipinski definition) is 1. The van der Waals surface area contributed by atoms with Gasteiger partial charge in [-0.15, -0.1) is 5.06 Å². The molecule has 0 atom stereocenters. The van der Waals surface area contributed by atoms with Crippen LogP contribution < -0.4 is 5.90 Å². The highest BCUT2D eigenvalue weighted by atomic mass is 16.7. The van der Waals surface area contributed by atoms with Gasteiger partial charge in [0.25, 0.3) is 0 Å². The molecule has 1 aliphatic heterocycles. The maximum atomic E-state index is 11.6. The van der Waals surface area contributed by atoms with Gasteiger partial charge < -0.3 is 9.68 Å². The Labute approximate surface area is 96.8 Å². The molecule has 0 aromatic rings. The largest absolute Gasteiger partial charge is 0.367 e. The molecule has 1 aliphatic rings. The first kappa shape index (κ1) is 13.4. The Morgan fingerprint density at radius 3 is 2.38 bits per heavy atom. The predicted octanol–water partition coefficient (Wildman–Crippen LogP) is 1.09. The average Bonchev–Trinajstić information content (AvgIpc) is 2.20. The molecule has 0 saturated carbocycles. The van der Waals surface area contributed by atoms with Gasteiger partial charge in [-0.05, 0) is 39.5 Å². The van der Waals surface area contributed by atoms with Gasteiger partial charge in [0.15, 0.2) is 0 Å². The van der Waals surface area contributed by atoms with E-state index in [2.05, 4.69) is 4.84 Å². The molecule has 0 aromatic carbocycles. The van der Waals surface area contributed by atoms with E-state index in [9.17, 15) is 4.79 Å². The number of carbonyl (C=O) groups excluding carboxylic acids is 1. The minimum absolute atomic E-state index is 0.180. The Balaban J connectivity index is 2.30. The van der Waals surface area contributed by atoms with Crippen LogP contribution in [0, 0.1) is 11.3 Å². The number of hydroxylamine groups is 2. The quantitative estimate of drug-likeness (QED) is 0.735. The van der Waals surface area contributed by atoms with Crippen LogP contribution in [0.25, 0.3) is 0 Å². The zero-order valence-corrected chi connectivity index (χ0v) is 10.4. The fourth-order valence-corrected chi connectivity index (χ4v) is 1.56. The van der Waals surface area contributed by atoms with Crippen molar-refractivity contribution in [3.8, 4) is 0 Å². The summed E-state index contributed by atoms with van der Waals surface area (Å²) in [6.07, 6.45) is 1.91. The van der Waals surface area contributed by atoms with E-state index in [1.165, 1.54) is 0 Å². The lowest BCUT2D eigenvalue weighted by atomic mass is 9.97. The highest BCUT2D eigenvalue weighted by Gasteiger charge is 2.28. The smallest absolute Gasteiger partial charge is 0.330 e. The fraction of sp³-hybridized carbons (Fsp3) is 0.909. The first-order valence-electron chi connectivity index (χ1n) is 5.72. The van der Waals surface area contributed by atoms with Crippen molar-refractivity contribution in [1.82, 2.24) is 5.06 Å². The summed E-state index contributed by atoms with van der Waals surface area (Å²) in [7, 11) is 0. The molecule has 1 rings (SSSR count). The topological polar surface area (TPSA) is 64.8 Å². The zero-order chi connectivity index (χ0) is 12.2. The minimum atomic E-state index is -0.447. The monoisotopic (exact) mass is 230 g/mol. The minimum Gasteiger partial charge on any atom is -0.367 e. The molecule has 0 amide bonds. The molecule has 0 spiro atoms. The molecule has 1 saturated heterocycles. The first-order chi connectivity index (χ1) is 7.43.